The summed E-state index contributed by atoms with van der Waals surface area (Å²) in [6, 6.07) is 58.5. The van der Waals surface area contributed by atoms with Crippen LogP contribution in [0.15, 0.2) is 162 Å². The molecule has 1 heteroatoms. The summed E-state index contributed by atoms with van der Waals surface area (Å²) in [6.07, 6.45) is 0. The van der Waals surface area contributed by atoms with Crippen LogP contribution in [0, 0.1) is 0 Å². The first-order valence-electron chi connectivity index (χ1n) is 17.0. The molecule has 0 aliphatic rings. The molecule has 1 aromatic heterocycles. The molecule has 0 atom stereocenters. The van der Waals surface area contributed by atoms with Gasteiger partial charge in [0.2, 0.25) is 0 Å². The molecule has 0 spiro atoms. The lowest BCUT2D eigenvalue weighted by Crippen LogP contribution is -1.89. The number of hydrogen-bond acceptors (Lipinski definition) is 1. The van der Waals surface area contributed by atoms with E-state index >= 15 is 0 Å². The quantitative estimate of drug-likeness (QED) is 0.176. The van der Waals surface area contributed by atoms with Crippen molar-refractivity contribution >= 4 is 97.3 Å². The van der Waals surface area contributed by atoms with E-state index in [0.717, 1.165) is 27.5 Å². The van der Waals surface area contributed by atoms with E-state index in [-0.39, 0.29) is 0 Å². The normalized spacial score (nSPS) is 12.5. The Balaban J connectivity index is 1.21. The van der Waals surface area contributed by atoms with Crippen molar-refractivity contribution in [2.75, 3.05) is 0 Å². The molecule has 0 radical (unpaired) electrons. The van der Waals surface area contributed by atoms with Gasteiger partial charge < -0.3 is 4.42 Å². The topological polar surface area (TPSA) is 13.1 Å². The Kier molecular flexibility index (Phi) is 4.77. The number of benzene rings is 11. The molecule has 11 aromatic carbocycles. The lowest BCUT2D eigenvalue weighted by molar-refractivity contribution is 0.670. The zero-order chi connectivity index (χ0) is 31.8. The molecule has 0 saturated heterocycles. The fourth-order valence-electron chi connectivity index (χ4n) is 8.82. The van der Waals surface area contributed by atoms with Gasteiger partial charge in [0.05, 0.1) is 0 Å². The second kappa shape index (κ2) is 9.13. The molecular formula is C48H26O. The van der Waals surface area contributed by atoms with Crippen molar-refractivity contribution in [2.45, 2.75) is 0 Å². The summed E-state index contributed by atoms with van der Waals surface area (Å²) in [7, 11) is 0. The number of furan rings is 1. The summed E-state index contributed by atoms with van der Waals surface area (Å²) in [4.78, 5) is 0. The lowest BCUT2D eigenvalue weighted by Gasteiger charge is -2.16. The van der Waals surface area contributed by atoms with Crippen molar-refractivity contribution in [3.63, 3.8) is 0 Å². The summed E-state index contributed by atoms with van der Waals surface area (Å²) >= 11 is 0. The monoisotopic (exact) mass is 618 g/mol. The van der Waals surface area contributed by atoms with E-state index in [0.29, 0.717) is 0 Å². The highest BCUT2D eigenvalue weighted by Crippen LogP contribution is 2.46. The van der Waals surface area contributed by atoms with Gasteiger partial charge in [-0.2, -0.15) is 0 Å². The van der Waals surface area contributed by atoms with E-state index in [2.05, 4.69) is 158 Å². The van der Waals surface area contributed by atoms with Crippen LogP contribution in [-0.2, 0) is 0 Å². The van der Waals surface area contributed by atoms with Gasteiger partial charge in [0.25, 0.3) is 0 Å². The maximum absolute atomic E-state index is 6.89. The molecule has 0 saturated carbocycles. The van der Waals surface area contributed by atoms with Crippen molar-refractivity contribution < 1.29 is 4.42 Å². The van der Waals surface area contributed by atoms with Gasteiger partial charge in [-0.05, 0) is 128 Å². The van der Waals surface area contributed by atoms with Crippen LogP contribution in [0.2, 0.25) is 0 Å². The Morgan fingerprint density at radius 2 is 0.796 bits per heavy atom. The third kappa shape index (κ3) is 3.44. The fraction of sp³-hybridized carbons (Fsp3) is 0. The molecule has 0 fully saturated rings. The predicted octanol–water partition coefficient (Wildman–Crippen LogP) is 13.9. The van der Waals surface area contributed by atoms with Crippen LogP contribution in [0.3, 0.4) is 0 Å². The molecule has 224 valence electrons. The standard InChI is InChI=1S/C48H26O/c1-2-6-33-26-43-40(23-32(33)5-1)42-25-37(36-21-34-15-13-27-7-3-8-28-14-16-35(22-36)46(34)44(27)28)24-41(48(42)49-43)38-19-17-31-12-11-29-9-4-10-30-18-20-39(38)47(31)45(29)30/h1-26H. The summed E-state index contributed by atoms with van der Waals surface area (Å²) in [5, 5.41) is 20.2. The zero-order valence-corrected chi connectivity index (χ0v) is 26.4. The minimum Gasteiger partial charge on any atom is -0.455 e. The van der Waals surface area contributed by atoms with Crippen LogP contribution >= 0.6 is 0 Å². The van der Waals surface area contributed by atoms with Gasteiger partial charge in [0.15, 0.2) is 0 Å². The van der Waals surface area contributed by atoms with E-state index in [1.165, 1.54) is 92.1 Å². The Bertz CT molecular complexity index is 3240. The molecule has 0 N–H and O–H groups in total. The Labute approximate surface area is 280 Å². The van der Waals surface area contributed by atoms with Crippen LogP contribution in [0.25, 0.3) is 120 Å². The molecule has 0 bridgehead atoms. The summed E-state index contributed by atoms with van der Waals surface area (Å²) in [6.45, 7) is 0. The van der Waals surface area contributed by atoms with Crippen LogP contribution in [0.4, 0.5) is 0 Å². The smallest absolute Gasteiger partial charge is 0.143 e. The minimum absolute atomic E-state index is 0.917. The van der Waals surface area contributed by atoms with Crippen molar-refractivity contribution in [3.05, 3.63) is 158 Å². The molecular weight excluding hydrogens is 593 g/mol. The summed E-state index contributed by atoms with van der Waals surface area (Å²) in [5.41, 5.74) is 6.56. The maximum atomic E-state index is 6.89. The molecule has 49 heavy (non-hydrogen) atoms. The lowest BCUT2D eigenvalue weighted by atomic mass is 9.87. The second-order valence-corrected chi connectivity index (χ2v) is 13.7. The van der Waals surface area contributed by atoms with Crippen LogP contribution in [-0.4, -0.2) is 0 Å². The average Bonchev–Trinajstić information content (AvgIpc) is 3.52. The predicted molar refractivity (Wildman–Crippen MR) is 210 cm³/mol. The SMILES string of the molecule is c1ccc2cc3c(cc2c1)oc1c(-c2ccc4ccc5cccc6ccc2c4c56)cc(-c2cc4ccc5cccc6ccc(c2)c4c56)cc13. The fourth-order valence-corrected chi connectivity index (χ4v) is 8.82. The van der Waals surface area contributed by atoms with Crippen LogP contribution < -0.4 is 0 Å². The van der Waals surface area contributed by atoms with E-state index < -0.39 is 0 Å². The third-order valence-electron chi connectivity index (χ3n) is 11.1. The Morgan fingerprint density at radius 3 is 1.49 bits per heavy atom. The first-order valence-corrected chi connectivity index (χ1v) is 17.0. The van der Waals surface area contributed by atoms with Crippen LogP contribution in [0.1, 0.15) is 0 Å². The van der Waals surface area contributed by atoms with Gasteiger partial charge in [-0.15, -0.1) is 0 Å². The molecule has 1 nitrogen and oxygen atoms in total. The van der Waals surface area contributed by atoms with Crippen molar-refractivity contribution in [1.82, 2.24) is 0 Å². The Morgan fingerprint density at radius 1 is 0.286 bits per heavy atom. The molecule has 0 aliphatic heterocycles. The molecule has 0 amide bonds. The first kappa shape index (κ1) is 25.6. The van der Waals surface area contributed by atoms with Crippen molar-refractivity contribution in [3.8, 4) is 22.3 Å². The van der Waals surface area contributed by atoms with Crippen molar-refractivity contribution in [1.29, 1.82) is 0 Å². The summed E-state index contributed by atoms with van der Waals surface area (Å²) < 4.78 is 6.89. The van der Waals surface area contributed by atoms with E-state index in [9.17, 15) is 0 Å². The van der Waals surface area contributed by atoms with Gasteiger partial charge in [0, 0.05) is 16.3 Å². The van der Waals surface area contributed by atoms with E-state index in [1.54, 1.807) is 0 Å². The molecule has 0 unspecified atom stereocenters. The Hall–Kier alpha value is -6.44. The van der Waals surface area contributed by atoms with Gasteiger partial charge in [-0.25, -0.2) is 0 Å². The van der Waals surface area contributed by atoms with E-state index in [4.69, 9.17) is 4.42 Å². The van der Waals surface area contributed by atoms with Gasteiger partial charge in [-0.1, -0.05) is 121 Å². The minimum atomic E-state index is 0.917. The van der Waals surface area contributed by atoms with Crippen molar-refractivity contribution in [2.24, 2.45) is 0 Å². The highest BCUT2D eigenvalue weighted by Gasteiger charge is 2.20. The average molecular weight is 619 g/mol. The highest BCUT2D eigenvalue weighted by molar-refractivity contribution is 6.27. The van der Waals surface area contributed by atoms with Gasteiger partial charge >= 0.3 is 0 Å². The largest absolute Gasteiger partial charge is 0.455 e. The van der Waals surface area contributed by atoms with E-state index in [1.807, 2.05) is 0 Å². The maximum Gasteiger partial charge on any atom is 0.143 e. The number of hydrogen-bond donors (Lipinski definition) is 0. The number of rotatable bonds is 2. The first-order chi connectivity index (χ1) is 24.2. The third-order valence-corrected chi connectivity index (χ3v) is 11.1. The van der Waals surface area contributed by atoms with Gasteiger partial charge in [-0.3, -0.25) is 0 Å². The van der Waals surface area contributed by atoms with Gasteiger partial charge in [0.1, 0.15) is 11.2 Å². The molecule has 1 heterocycles. The molecule has 0 aliphatic carbocycles. The highest BCUT2D eigenvalue weighted by atomic mass is 16.3. The number of fused-ring (bicyclic) bond motifs is 4. The summed E-state index contributed by atoms with van der Waals surface area (Å²) in [5.74, 6) is 0. The second-order valence-electron chi connectivity index (χ2n) is 13.7. The van der Waals surface area contributed by atoms with Crippen LogP contribution in [0.5, 0.6) is 0 Å². The molecule has 12 aromatic rings. The molecule has 12 rings (SSSR count). The zero-order valence-electron chi connectivity index (χ0n) is 26.4.